The van der Waals surface area contributed by atoms with Crippen LogP contribution >= 0.6 is 0 Å². The topological polar surface area (TPSA) is 89.3 Å². The van der Waals surface area contributed by atoms with Crippen molar-refractivity contribution in [1.82, 2.24) is 0 Å². The molecule has 0 aliphatic carbocycles. The van der Waals surface area contributed by atoms with Crippen LogP contribution < -0.4 is 11.5 Å². The SMILES string of the molecule is NCC(Cc1cc(F)ccc1N)(C(=O)O)c1ccccc1. The predicted molar refractivity (Wildman–Crippen MR) is 79.3 cm³/mol. The summed E-state index contributed by atoms with van der Waals surface area (Å²) in [6.07, 6.45) is 0.0342. The molecule has 0 saturated heterocycles. The highest BCUT2D eigenvalue weighted by molar-refractivity contribution is 5.82. The number of carboxylic acid groups (broad SMARTS) is 1. The van der Waals surface area contributed by atoms with E-state index in [0.717, 1.165) is 0 Å². The lowest BCUT2D eigenvalue weighted by atomic mass is 9.75. The van der Waals surface area contributed by atoms with Crippen LogP contribution in [0.15, 0.2) is 48.5 Å². The van der Waals surface area contributed by atoms with E-state index in [1.807, 2.05) is 0 Å². The van der Waals surface area contributed by atoms with E-state index in [-0.39, 0.29) is 13.0 Å². The minimum absolute atomic E-state index is 0.0342. The molecule has 2 aromatic carbocycles. The number of nitrogen functional groups attached to an aromatic ring is 1. The van der Waals surface area contributed by atoms with Crippen LogP contribution in [0.3, 0.4) is 0 Å². The standard InChI is InChI=1S/C16H17FN2O2/c17-13-6-7-14(19)11(8-13)9-16(10-18,15(20)21)12-4-2-1-3-5-12/h1-8H,9-10,18-19H2,(H,20,21). The highest BCUT2D eigenvalue weighted by Gasteiger charge is 2.39. The molecule has 1 atom stereocenters. The maximum absolute atomic E-state index is 13.4. The molecule has 5 heteroatoms. The lowest BCUT2D eigenvalue weighted by Crippen LogP contribution is -2.45. The Morgan fingerprint density at radius 2 is 1.86 bits per heavy atom. The number of hydrogen-bond acceptors (Lipinski definition) is 3. The van der Waals surface area contributed by atoms with Crippen LogP contribution in [0.25, 0.3) is 0 Å². The number of halogens is 1. The van der Waals surface area contributed by atoms with Crippen molar-refractivity contribution in [2.45, 2.75) is 11.8 Å². The zero-order valence-corrected chi connectivity index (χ0v) is 11.4. The van der Waals surface area contributed by atoms with Gasteiger partial charge in [-0.2, -0.15) is 0 Å². The minimum atomic E-state index is -1.33. The first-order valence-electron chi connectivity index (χ1n) is 6.52. The lowest BCUT2D eigenvalue weighted by Gasteiger charge is -2.29. The molecular weight excluding hydrogens is 271 g/mol. The average molecular weight is 288 g/mol. The molecule has 0 heterocycles. The Labute approximate surface area is 122 Å². The summed E-state index contributed by atoms with van der Waals surface area (Å²) in [6.45, 7) is -0.109. The van der Waals surface area contributed by atoms with Gasteiger partial charge in [-0.1, -0.05) is 30.3 Å². The van der Waals surface area contributed by atoms with E-state index >= 15 is 0 Å². The van der Waals surface area contributed by atoms with Gasteiger partial charge in [-0.15, -0.1) is 0 Å². The predicted octanol–water partition coefficient (Wildman–Crippen LogP) is 1.93. The van der Waals surface area contributed by atoms with Gasteiger partial charge in [0.1, 0.15) is 11.2 Å². The third-order valence-corrected chi connectivity index (χ3v) is 3.68. The second-order valence-electron chi connectivity index (χ2n) is 4.98. The summed E-state index contributed by atoms with van der Waals surface area (Å²) >= 11 is 0. The summed E-state index contributed by atoms with van der Waals surface area (Å²) in [6, 6.07) is 12.6. The van der Waals surface area contributed by atoms with E-state index in [9.17, 15) is 14.3 Å². The Balaban J connectivity index is 2.51. The molecule has 1 unspecified atom stereocenters. The van der Waals surface area contributed by atoms with Crippen molar-refractivity contribution >= 4 is 11.7 Å². The Morgan fingerprint density at radius 3 is 2.43 bits per heavy atom. The van der Waals surface area contributed by atoms with Gasteiger partial charge in [0.25, 0.3) is 0 Å². The lowest BCUT2D eigenvalue weighted by molar-refractivity contribution is -0.143. The van der Waals surface area contributed by atoms with E-state index < -0.39 is 17.2 Å². The summed E-state index contributed by atoms with van der Waals surface area (Å²) in [5.41, 5.74) is 11.6. The maximum Gasteiger partial charge on any atom is 0.315 e. The number of anilines is 1. The van der Waals surface area contributed by atoms with Crippen LogP contribution in [0.4, 0.5) is 10.1 Å². The Morgan fingerprint density at radius 1 is 1.19 bits per heavy atom. The fraction of sp³-hybridized carbons (Fsp3) is 0.188. The van der Waals surface area contributed by atoms with E-state index in [4.69, 9.17) is 11.5 Å². The number of carbonyl (C=O) groups is 1. The smallest absolute Gasteiger partial charge is 0.315 e. The Bertz CT molecular complexity index is 646. The summed E-state index contributed by atoms with van der Waals surface area (Å²) in [5, 5.41) is 9.68. The molecule has 0 fully saturated rings. The molecule has 0 radical (unpaired) electrons. The fourth-order valence-corrected chi connectivity index (χ4v) is 2.39. The minimum Gasteiger partial charge on any atom is -0.481 e. The van der Waals surface area contributed by atoms with Crippen molar-refractivity contribution in [2.75, 3.05) is 12.3 Å². The van der Waals surface area contributed by atoms with Crippen LogP contribution in [0.2, 0.25) is 0 Å². The fourth-order valence-electron chi connectivity index (χ4n) is 2.39. The quantitative estimate of drug-likeness (QED) is 0.733. The van der Waals surface area contributed by atoms with Gasteiger partial charge in [-0.25, -0.2) is 4.39 Å². The van der Waals surface area contributed by atoms with E-state index in [2.05, 4.69) is 0 Å². The Hall–Kier alpha value is -2.40. The first kappa shape index (κ1) is 15.0. The molecule has 2 rings (SSSR count). The van der Waals surface area contributed by atoms with Crippen LogP contribution in [-0.2, 0) is 16.6 Å². The molecule has 110 valence electrons. The molecule has 0 saturated carbocycles. The molecule has 0 amide bonds. The van der Waals surface area contributed by atoms with Gasteiger partial charge in [0.15, 0.2) is 0 Å². The van der Waals surface area contributed by atoms with Gasteiger partial charge in [-0.05, 0) is 35.7 Å². The molecule has 21 heavy (non-hydrogen) atoms. The van der Waals surface area contributed by atoms with Crippen molar-refractivity contribution in [3.8, 4) is 0 Å². The van der Waals surface area contributed by atoms with E-state index in [1.165, 1.54) is 18.2 Å². The van der Waals surface area contributed by atoms with Crippen LogP contribution in [-0.4, -0.2) is 17.6 Å². The van der Waals surface area contributed by atoms with Crippen molar-refractivity contribution in [2.24, 2.45) is 5.73 Å². The van der Waals surface area contributed by atoms with E-state index in [0.29, 0.717) is 16.8 Å². The first-order valence-corrected chi connectivity index (χ1v) is 6.52. The van der Waals surface area contributed by atoms with Gasteiger partial charge in [0.05, 0.1) is 0 Å². The van der Waals surface area contributed by atoms with Crippen molar-refractivity contribution < 1.29 is 14.3 Å². The zero-order chi connectivity index (χ0) is 15.5. The summed E-state index contributed by atoms with van der Waals surface area (Å²) in [4.78, 5) is 11.8. The molecule has 0 bridgehead atoms. The average Bonchev–Trinajstić information content (AvgIpc) is 2.49. The second-order valence-corrected chi connectivity index (χ2v) is 4.98. The number of rotatable bonds is 5. The highest BCUT2D eigenvalue weighted by Crippen LogP contribution is 2.30. The van der Waals surface area contributed by atoms with Gasteiger partial charge in [0, 0.05) is 12.2 Å². The molecule has 4 nitrogen and oxygen atoms in total. The number of carboxylic acids is 1. The monoisotopic (exact) mass is 288 g/mol. The summed E-state index contributed by atoms with van der Waals surface area (Å²) < 4.78 is 13.4. The number of nitrogens with two attached hydrogens (primary N) is 2. The van der Waals surface area contributed by atoms with Crippen molar-refractivity contribution in [1.29, 1.82) is 0 Å². The van der Waals surface area contributed by atoms with Gasteiger partial charge in [0.2, 0.25) is 0 Å². The molecule has 0 aromatic heterocycles. The first-order chi connectivity index (χ1) is 9.99. The van der Waals surface area contributed by atoms with Gasteiger partial charge >= 0.3 is 5.97 Å². The summed E-state index contributed by atoms with van der Waals surface area (Å²) in [5.74, 6) is -1.51. The van der Waals surface area contributed by atoms with Crippen molar-refractivity contribution in [3.05, 3.63) is 65.5 Å². The van der Waals surface area contributed by atoms with Gasteiger partial charge in [-0.3, -0.25) is 4.79 Å². The molecule has 0 aliphatic heterocycles. The molecule has 2 aromatic rings. The summed E-state index contributed by atoms with van der Waals surface area (Å²) in [7, 11) is 0. The highest BCUT2D eigenvalue weighted by atomic mass is 19.1. The van der Waals surface area contributed by atoms with Crippen LogP contribution in [0.5, 0.6) is 0 Å². The third kappa shape index (κ3) is 2.87. The number of aliphatic carboxylic acids is 1. The second kappa shape index (κ2) is 5.93. The molecule has 0 aliphatic rings. The zero-order valence-electron chi connectivity index (χ0n) is 11.4. The Kier molecular flexibility index (Phi) is 4.23. The molecule has 5 N–H and O–H groups in total. The van der Waals surface area contributed by atoms with Crippen LogP contribution in [0, 0.1) is 5.82 Å². The van der Waals surface area contributed by atoms with Crippen LogP contribution in [0.1, 0.15) is 11.1 Å². The normalized spacial score (nSPS) is 13.6. The largest absolute Gasteiger partial charge is 0.481 e. The molecular formula is C16H17FN2O2. The number of hydrogen-bond donors (Lipinski definition) is 3. The van der Waals surface area contributed by atoms with E-state index in [1.54, 1.807) is 30.3 Å². The number of benzene rings is 2. The maximum atomic E-state index is 13.4. The van der Waals surface area contributed by atoms with Gasteiger partial charge < -0.3 is 16.6 Å². The van der Waals surface area contributed by atoms with Crippen molar-refractivity contribution in [3.63, 3.8) is 0 Å². The third-order valence-electron chi connectivity index (χ3n) is 3.68. The molecule has 0 spiro atoms.